The van der Waals surface area contributed by atoms with Gasteiger partial charge in [0.25, 0.3) is 0 Å². The maximum atomic E-state index is 4.89. The highest BCUT2D eigenvalue weighted by atomic mass is 16.6. The average Bonchev–Trinajstić information content (AvgIpc) is 2.38. The molecule has 0 saturated heterocycles. The summed E-state index contributed by atoms with van der Waals surface area (Å²) in [6.45, 7) is 0. The predicted molar refractivity (Wildman–Crippen MR) is 64.4 cm³/mol. The van der Waals surface area contributed by atoms with Gasteiger partial charge in [0, 0.05) is 11.1 Å². The molecule has 0 unspecified atom stereocenters. The molecule has 0 aliphatic carbocycles. The summed E-state index contributed by atoms with van der Waals surface area (Å²) < 4.78 is 0. The highest BCUT2D eigenvalue weighted by Gasteiger charge is 2.06. The standard InChI is InChI=1S/C14H12NO/c1-16-15-14(12-8-4-2-5-9-12)13-10-6-3-7-11-13/h2-6,8-11H,1H3/b15-14+. The Labute approximate surface area is 95.2 Å². The van der Waals surface area contributed by atoms with E-state index in [1.54, 1.807) is 7.11 Å². The molecule has 0 fully saturated rings. The molecule has 2 rings (SSSR count). The van der Waals surface area contributed by atoms with Crippen molar-refractivity contribution in [2.75, 3.05) is 7.11 Å². The van der Waals surface area contributed by atoms with Gasteiger partial charge in [-0.15, -0.1) is 0 Å². The van der Waals surface area contributed by atoms with Gasteiger partial charge >= 0.3 is 0 Å². The number of oxime groups is 1. The second-order valence-electron chi connectivity index (χ2n) is 3.28. The molecule has 0 saturated carbocycles. The van der Waals surface area contributed by atoms with Crippen LogP contribution in [0.15, 0.2) is 59.8 Å². The summed E-state index contributed by atoms with van der Waals surface area (Å²) in [4.78, 5) is 4.89. The van der Waals surface area contributed by atoms with Crippen LogP contribution in [0, 0.1) is 6.07 Å². The monoisotopic (exact) mass is 210 g/mol. The molecular weight excluding hydrogens is 198 g/mol. The topological polar surface area (TPSA) is 21.6 Å². The van der Waals surface area contributed by atoms with Crippen molar-refractivity contribution in [3.8, 4) is 0 Å². The van der Waals surface area contributed by atoms with Crippen molar-refractivity contribution >= 4 is 5.71 Å². The van der Waals surface area contributed by atoms with Crippen LogP contribution < -0.4 is 0 Å². The van der Waals surface area contributed by atoms with E-state index in [-0.39, 0.29) is 0 Å². The van der Waals surface area contributed by atoms with E-state index in [9.17, 15) is 0 Å². The van der Waals surface area contributed by atoms with Gasteiger partial charge in [0.1, 0.15) is 12.8 Å². The molecule has 0 amide bonds. The first-order valence-corrected chi connectivity index (χ1v) is 5.05. The predicted octanol–water partition coefficient (Wildman–Crippen LogP) is 2.89. The summed E-state index contributed by atoms with van der Waals surface area (Å²) >= 11 is 0. The number of nitrogens with zero attached hydrogens (tertiary/aromatic N) is 1. The lowest BCUT2D eigenvalue weighted by molar-refractivity contribution is 0.214. The highest BCUT2D eigenvalue weighted by Crippen LogP contribution is 2.10. The number of rotatable bonds is 3. The van der Waals surface area contributed by atoms with Crippen molar-refractivity contribution in [2.45, 2.75) is 0 Å². The zero-order chi connectivity index (χ0) is 11.2. The quantitative estimate of drug-likeness (QED) is 0.564. The molecule has 0 aromatic heterocycles. The van der Waals surface area contributed by atoms with Gasteiger partial charge in [0.15, 0.2) is 0 Å². The van der Waals surface area contributed by atoms with Crippen LogP contribution in [0.5, 0.6) is 0 Å². The molecule has 0 atom stereocenters. The Kier molecular flexibility index (Phi) is 3.34. The van der Waals surface area contributed by atoms with Crippen molar-refractivity contribution < 1.29 is 4.84 Å². The molecular formula is C14H12NO. The summed E-state index contributed by atoms with van der Waals surface area (Å²) in [5, 5.41) is 4.06. The van der Waals surface area contributed by atoms with Gasteiger partial charge in [-0.05, 0) is 12.1 Å². The van der Waals surface area contributed by atoms with E-state index in [0.717, 1.165) is 16.8 Å². The zero-order valence-electron chi connectivity index (χ0n) is 9.05. The zero-order valence-corrected chi connectivity index (χ0v) is 9.05. The van der Waals surface area contributed by atoms with Crippen molar-refractivity contribution in [2.24, 2.45) is 5.16 Å². The van der Waals surface area contributed by atoms with Crippen molar-refractivity contribution in [3.05, 3.63) is 71.8 Å². The van der Waals surface area contributed by atoms with Crippen LogP contribution in [0.25, 0.3) is 0 Å². The van der Waals surface area contributed by atoms with Gasteiger partial charge in [-0.25, -0.2) is 0 Å². The SMILES string of the molecule is CO/N=C(/c1c[c]ccc1)c1ccccc1. The number of hydrogen-bond acceptors (Lipinski definition) is 2. The Balaban J connectivity index is 2.44. The van der Waals surface area contributed by atoms with E-state index in [0.29, 0.717) is 0 Å². The molecule has 2 heteroatoms. The minimum Gasteiger partial charge on any atom is -0.399 e. The van der Waals surface area contributed by atoms with Crippen LogP contribution in [-0.2, 0) is 4.84 Å². The molecule has 0 spiro atoms. The summed E-state index contributed by atoms with van der Waals surface area (Å²) in [5.74, 6) is 0. The van der Waals surface area contributed by atoms with E-state index in [2.05, 4.69) is 11.2 Å². The molecule has 2 nitrogen and oxygen atoms in total. The van der Waals surface area contributed by atoms with Gasteiger partial charge in [0.2, 0.25) is 0 Å². The van der Waals surface area contributed by atoms with Crippen molar-refractivity contribution in [1.29, 1.82) is 0 Å². The Morgan fingerprint density at radius 1 is 1.06 bits per heavy atom. The molecule has 0 aliphatic heterocycles. The molecule has 2 aromatic rings. The fourth-order valence-electron chi connectivity index (χ4n) is 1.50. The highest BCUT2D eigenvalue weighted by molar-refractivity contribution is 6.12. The smallest absolute Gasteiger partial charge is 0.117 e. The Morgan fingerprint density at radius 3 is 2.44 bits per heavy atom. The molecule has 2 aromatic carbocycles. The number of benzene rings is 2. The van der Waals surface area contributed by atoms with Gasteiger partial charge in [-0.2, -0.15) is 0 Å². The van der Waals surface area contributed by atoms with E-state index >= 15 is 0 Å². The fourth-order valence-corrected chi connectivity index (χ4v) is 1.50. The Bertz CT molecular complexity index is 421. The van der Waals surface area contributed by atoms with E-state index in [1.165, 1.54) is 0 Å². The van der Waals surface area contributed by atoms with Crippen LogP contribution in [0.2, 0.25) is 0 Å². The van der Waals surface area contributed by atoms with Crippen LogP contribution in [0.3, 0.4) is 0 Å². The van der Waals surface area contributed by atoms with Gasteiger partial charge in [-0.1, -0.05) is 53.7 Å². The summed E-state index contributed by atoms with van der Waals surface area (Å²) in [6, 6.07) is 20.7. The lowest BCUT2D eigenvalue weighted by atomic mass is 10.0. The first-order chi connectivity index (χ1) is 7.92. The van der Waals surface area contributed by atoms with Crippen LogP contribution in [-0.4, -0.2) is 12.8 Å². The number of hydrogen-bond donors (Lipinski definition) is 0. The third-order valence-electron chi connectivity index (χ3n) is 2.21. The van der Waals surface area contributed by atoms with Crippen molar-refractivity contribution in [3.63, 3.8) is 0 Å². The van der Waals surface area contributed by atoms with Crippen LogP contribution in [0.4, 0.5) is 0 Å². The normalized spacial score (nSPS) is 11.2. The van der Waals surface area contributed by atoms with Crippen molar-refractivity contribution in [1.82, 2.24) is 0 Å². The fraction of sp³-hybridized carbons (Fsp3) is 0.0714. The summed E-state index contributed by atoms with van der Waals surface area (Å²) in [6.07, 6.45) is 0. The summed E-state index contributed by atoms with van der Waals surface area (Å²) in [5.41, 5.74) is 2.85. The maximum Gasteiger partial charge on any atom is 0.117 e. The largest absolute Gasteiger partial charge is 0.399 e. The second kappa shape index (κ2) is 5.12. The van der Waals surface area contributed by atoms with Crippen LogP contribution in [0.1, 0.15) is 11.1 Å². The Morgan fingerprint density at radius 2 is 1.81 bits per heavy atom. The first kappa shape index (κ1) is 10.4. The Hall–Kier alpha value is -2.09. The molecule has 0 heterocycles. The summed E-state index contributed by atoms with van der Waals surface area (Å²) in [7, 11) is 1.55. The minimum absolute atomic E-state index is 0.819. The molecule has 0 aliphatic rings. The second-order valence-corrected chi connectivity index (χ2v) is 3.28. The van der Waals surface area contributed by atoms with Gasteiger partial charge in [-0.3, -0.25) is 0 Å². The third-order valence-corrected chi connectivity index (χ3v) is 2.21. The van der Waals surface area contributed by atoms with Gasteiger partial charge in [0.05, 0.1) is 0 Å². The van der Waals surface area contributed by atoms with E-state index in [4.69, 9.17) is 4.84 Å². The van der Waals surface area contributed by atoms with E-state index < -0.39 is 0 Å². The van der Waals surface area contributed by atoms with E-state index in [1.807, 2.05) is 54.6 Å². The molecule has 0 N–H and O–H groups in total. The molecule has 1 radical (unpaired) electrons. The average molecular weight is 210 g/mol. The first-order valence-electron chi connectivity index (χ1n) is 5.05. The molecule has 0 bridgehead atoms. The molecule has 79 valence electrons. The molecule has 16 heavy (non-hydrogen) atoms. The lowest BCUT2D eigenvalue weighted by Gasteiger charge is -2.05. The van der Waals surface area contributed by atoms with Crippen LogP contribution >= 0.6 is 0 Å². The van der Waals surface area contributed by atoms with Gasteiger partial charge < -0.3 is 4.84 Å². The minimum atomic E-state index is 0.819. The third kappa shape index (κ3) is 2.28. The maximum absolute atomic E-state index is 4.89. The lowest BCUT2D eigenvalue weighted by Crippen LogP contribution is -2.03.